The van der Waals surface area contributed by atoms with Crippen LogP contribution >= 0.6 is 22.7 Å². The summed E-state index contributed by atoms with van der Waals surface area (Å²) in [6.07, 6.45) is 0. The Hall–Kier alpha value is -1.46. The summed E-state index contributed by atoms with van der Waals surface area (Å²) in [5, 5.41) is 1.78. The minimum absolute atomic E-state index is 0.275. The number of hydrogen-bond donors (Lipinski definition) is 0. The SMILES string of the molecule is CCOC(=O)c1csc(=Nc2ccccc2)s1. The Morgan fingerprint density at radius 3 is 2.82 bits per heavy atom. The van der Waals surface area contributed by atoms with E-state index in [0.29, 0.717) is 11.5 Å². The average Bonchev–Trinajstić information content (AvgIpc) is 2.79. The van der Waals surface area contributed by atoms with Crippen molar-refractivity contribution in [3.63, 3.8) is 0 Å². The Morgan fingerprint density at radius 2 is 2.12 bits per heavy atom. The number of nitrogens with zero attached hydrogens (tertiary/aromatic N) is 1. The van der Waals surface area contributed by atoms with Gasteiger partial charge in [0.15, 0.2) is 3.98 Å². The number of carbonyl (C=O) groups is 1. The van der Waals surface area contributed by atoms with Gasteiger partial charge in [0.05, 0.1) is 12.3 Å². The van der Waals surface area contributed by atoms with Crippen LogP contribution in [-0.4, -0.2) is 12.6 Å². The van der Waals surface area contributed by atoms with Gasteiger partial charge in [-0.1, -0.05) is 29.5 Å². The van der Waals surface area contributed by atoms with Crippen LogP contribution in [0.25, 0.3) is 0 Å². The molecule has 1 heterocycles. The van der Waals surface area contributed by atoms with Gasteiger partial charge in [0.1, 0.15) is 4.88 Å². The molecule has 0 saturated heterocycles. The molecule has 88 valence electrons. The molecule has 1 aromatic carbocycles. The lowest BCUT2D eigenvalue weighted by Gasteiger charge is -1.95. The molecule has 0 unspecified atom stereocenters. The van der Waals surface area contributed by atoms with Crippen LogP contribution in [0.5, 0.6) is 0 Å². The first kappa shape index (κ1) is 12.0. The molecule has 0 amide bonds. The van der Waals surface area contributed by atoms with Gasteiger partial charge in [-0.25, -0.2) is 9.79 Å². The van der Waals surface area contributed by atoms with Crippen LogP contribution in [0.3, 0.4) is 0 Å². The standard InChI is InChI=1S/C12H11NO2S2/c1-2-15-11(14)10-8-16-12(17-10)13-9-6-4-3-5-7-9/h3-8H,2H2,1H3. The number of rotatable bonds is 3. The minimum atomic E-state index is -0.275. The zero-order valence-corrected chi connectivity index (χ0v) is 10.9. The molecule has 0 spiro atoms. The Balaban J connectivity index is 2.24. The van der Waals surface area contributed by atoms with Crippen molar-refractivity contribution in [2.75, 3.05) is 6.61 Å². The highest BCUT2D eigenvalue weighted by Crippen LogP contribution is 2.13. The lowest BCUT2D eigenvalue weighted by atomic mass is 10.3. The zero-order valence-electron chi connectivity index (χ0n) is 9.25. The van der Waals surface area contributed by atoms with Crippen molar-refractivity contribution in [2.24, 2.45) is 4.99 Å². The minimum Gasteiger partial charge on any atom is -0.462 e. The first-order valence-corrected chi connectivity index (χ1v) is 6.84. The lowest BCUT2D eigenvalue weighted by molar-refractivity contribution is 0.0532. The lowest BCUT2D eigenvalue weighted by Crippen LogP contribution is -2.01. The van der Waals surface area contributed by atoms with Gasteiger partial charge in [-0.15, -0.1) is 11.3 Å². The third kappa shape index (κ3) is 3.25. The summed E-state index contributed by atoms with van der Waals surface area (Å²) in [5.41, 5.74) is 0.890. The quantitative estimate of drug-likeness (QED) is 0.799. The van der Waals surface area contributed by atoms with E-state index in [2.05, 4.69) is 4.99 Å². The molecule has 17 heavy (non-hydrogen) atoms. The second-order valence-electron chi connectivity index (χ2n) is 3.14. The highest BCUT2D eigenvalue weighted by molar-refractivity contribution is 7.27. The fraction of sp³-hybridized carbons (Fsp3) is 0.167. The number of ether oxygens (including phenoxy) is 1. The van der Waals surface area contributed by atoms with Crippen LogP contribution < -0.4 is 3.98 Å². The van der Waals surface area contributed by atoms with E-state index in [1.54, 1.807) is 12.3 Å². The molecule has 0 atom stereocenters. The predicted octanol–water partition coefficient (Wildman–Crippen LogP) is 3.22. The van der Waals surface area contributed by atoms with Gasteiger partial charge in [0.2, 0.25) is 0 Å². The molecule has 2 aromatic rings. The Kier molecular flexibility index (Phi) is 4.06. The van der Waals surface area contributed by atoms with E-state index >= 15 is 0 Å². The van der Waals surface area contributed by atoms with Crippen molar-refractivity contribution < 1.29 is 9.53 Å². The molecule has 0 N–H and O–H groups in total. The third-order valence-corrected chi connectivity index (χ3v) is 4.02. The maximum atomic E-state index is 11.5. The molecule has 1 aromatic heterocycles. The van der Waals surface area contributed by atoms with Crippen molar-refractivity contribution >= 4 is 34.3 Å². The molecule has 0 aliphatic rings. The molecule has 5 heteroatoms. The molecule has 0 fully saturated rings. The van der Waals surface area contributed by atoms with Gasteiger partial charge >= 0.3 is 5.97 Å². The smallest absolute Gasteiger partial charge is 0.349 e. The molecule has 0 bridgehead atoms. The van der Waals surface area contributed by atoms with Crippen LogP contribution in [0.1, 0.15) is 16.6 Å². The van der Waals surface area contributed by atoms with Gasteiger partial charge in [0.25, 0.3) is 0 Å². The summed E-state index contributed by atoms with van der Waals surface area (Å²) >= 11 is 2.80. The summed E-state index contributed by atoms with van der Waals surface area (Å²) in [7, 11) is 0. The number of carbonyl (C=O) groups excluding carboxylic acids is 1. The number of hydrogen-bond acceptors (Lipinski definition) is 5. The molecule has 0 saturated carbocycles. The largest absolute Gasteiger partial charge is 0.462 e. The Labute approximate surface area is 107 Å². The van der Waals surface area contributed by atoms with E-state index in [0.717, 1.165) is 9.67 Å². The number of esters is 1. The summed E-state index contributed by atoms with van der Waals surface area (Å²) in [5.74, 6) is -0.275. The summed E-state index contributed by atoms with van der Waals surface area (Å²) in [6.45, 7) is 2.19. The van der Waals surface area contributed by atoms with Gasteiger partial charge in [-0.05, 0) is 19.1 Å². The van der Waals surface area contributed by atoms with E-state index in [1.807, 2.05) is 30.3 Å². The fourth-order valence-electron chi connectivity index (χ4n) is 1.20. The second kappa shape index (κ2) is 5.75. The monoisotopic (exact) mass is 265 g/mol. The fourth-order valence-corrected chi connectivity index (χ4v) is 3.08. The van der Waals surface area contributed by atoms with E-state index in [4.69, 9.17) is 4.74 Å². The molecule has 2 rings (SSSR count). The number of benzene rings is 1. The Morgan fingerprint density at radius 1 is 1.35 bits per heavy atom. The highest BCUT2D eigenvalue weighted by atomic mass is 32.2. The van der Waals surface area contributed by atoms with Crippen LogP contribution in [0.2, 0.25) is 0 Å². The zero-order chi connectivity index (χ0) is 12.1. The molecule has 3 nitrogen and oxygen atoms in total. The second-order valence-corrected chi connectivity index (χ2v) is 5.28. The van der Waals surface area contributed by atoms with Crippen LogP contribution in [0.15, 0.2) is 40.7 Å². The van der Waals surface area contributed by atoms with Gasteiger partial charge in [-0.2, -0.15) is 0 Å². The topological polar surface area (TPSA) is 38.7 Å². The van der Waals surface area contributed by atoms with Crippen molar-refractivity contribution in [1.82, 2.24) is 0 Å². The van der Waals surface area contributed by atoms with E-state index in [9.17, 15) is 4.79 Å². The summed E-state index contributed by atoms with van der Waals surface area (Å²) in [4.78, 5) is 16.5. The first-order chi connectivity index (χ1) is 8.29. The normalized spacial score (nSPS) is 11.5. The van der Waals surface area contributed by atoms with Crippen molar-refractivity contribution in [2.45, 2.75) is 6.92 Å². The van der Waals surface area contributed by atoms with E-state index < -0.39 is 0 Å². The predicted molar refractivity (Wildman–Crippen MR) is 69.8 cm³/mol. The summed E-state index contributed by atoms with van der Waals surface area (Å²) in [6, 6.07) is 9.67. The maximum absolute atomic E-state index is 11.5. The van der Waals surface area contributed by atoms with Gasteiger partial charge in [-0.3, -0.25) is 0 Å². The van der Waals surface area contributed by atoms with E-state index in [1.165, 1.54) is 22.7 Å². The maximum Gasteiger partial charge on any atom is 0.349 e. The summed E-state index contributed by atoms with van der Waals surface area (Å²) < 4.78 is 5.77. The van der Waals surface area contributed by atoms with Gasteiger partial charge < -0.3 is 4.74 Å². The molecule has 0 radical (unpaired) electrons. The third-order valence-electron chi connectivity index (χ3n) is 1.92. The highest BCUT2D eigenvalue weighted by Gasteiger charge is 2.08. The van der Waals surface area contributed by atoms with Crippen LogP contribution in [0, 0.1) is 0 Å². The van der Waals surface area contributed by atoms with Crippen LogP contribution in [0.4, 0.5) is 5.69 Å². The molecule has 0 aliphatic heterocycles. The van der Waals surface area contributed by atoms with Crippen molar-refractivity contribution in [3.8, 4) is 0 Å². The molecular weight excluding hydrogens is 254 g/mol. The van der Waals surface area contributed by atoms with Gasteiger partial charge in [0, 0.05) is 5.38 Å². The number of para-hydroxylation sites is 1. The molecule has 0 aliphatic carbocycles. The molecular formula is C12H11NO2S2. The van der Waals surface area contributed by atoms with Crippen molar-refractivity contribution in [1.29, 1.82) is 0 Å². The van der Waals surface area contributed by atoms with Crippen LogP contribution in [-0.2, 0) is 4.74 Å². The van der Waals surface area contributed by atoms with E-state index in [-0.39, 0.29) is 5.97 Å². The van der Waals surface area contributed by atoms with Crippen molar-refractivity contribution in [3.05, 3.63) is 44.6 Å². The first-order valence-electron chi connectivity index (χ1n) is 5.15. The Bertz CT molecular complexity index is 557. The average molecular weight is 265 g/mol.